The quantitative estimate of drug-likeness (QED) is 0.186. The Morgan fingerprint density at radius 1 is 0.265 bits per heavy atom. The molecular weight excluding hydrogens is 595 g/mol. The smallest absolute Gasteiger partial charge is 0.0641 e. The molecule has 0 aliphatic carbocycles. The molecule has 0 unspecified atom stereocenters. The predicted octanol–water partition coefficient (Wildman–Crippen LogP) is 12.1. The third-order valence-corrected chi connectivity index (χ3v) is 10.4. The maximum absolute atomic E-state index is 2.54. The molecule has 3 heterocycles. The summed E-state index contributed by atoms with van der Waals surface area (Å²) < 4.78 is 7.42. The van der Waals surface area contributed by atoms with E-state index in [0.29, 0.717) is 0 Å². The Balaban J connectivity index is 1.38. The number of rotatable bonds is 3. The molecule has 0 bridgehead atoms. The highest BCUT2D eigenvalue weighted by Gasteiger charge is 2.24. The molecule has 49 heavy (non-hydrogen) atoms. The topological polar surface area (TPSA) is 14.8 Å². The second kappa shape index (κ2) is 9.96. The maximum atomic E-state index is 2.54. The van der Waals surface area contributed by atoms with Crippen LogP contribution in [0, 0.1) is 0 Å². The van der Waals surface area contributed by atoms with Crippen LogP contribution in [-0.2, 0) is 0 Å². The summed E-state index contributed by atoms with van der Waals surface area (Å²) in [6.07, 6.45) is 0. The van der Waals surface area contributed by atoms with Gasteiger partial charge in [-0.1, -0.05) is 121 Å². The van der Waals surface area contributed by atoms with Crippen molar-refractivity contribution in [2.45, 2.75) is 0 Å². The van der Waals surface area contributed by atoms with Crippen LogP contribution in [0.2, 0.25) is 0 Å². The molecule has 0 saturated carbocycles. The van der Waals surface area contributed by atoms with Crippen molar-refractivity contribution in [3.8, 4) is 17.1 Å². The Hall–Kier alpha value is -6.58. The highest BCUT2D eigenvalue weighted by Crippen LogP contribution is 2.45. The van der Waals surface area contributed by atoms with Crippen LogP contribution in [0.4, 0.5) is 0 Å². The van der Waals surface area contributed by atoms with Crippen LogP contribution in [0.15, 0.2) is 176 Å². The molecule has 0 aliphatic rings. The Bertz CT molecular complexity index is 3090. The van der Waals surface area contributed by atoms with E-state index in [-0.39, 0.29) is 0 Å². The SMILES string of the molecule is c1ccc(-n2c3ccccc3c3c(-n4c5ccccc5c5ccc6c(c7ccc8ccccc8c7n6-c6ccccc6)c54)cccc32)cc1. The van der Waals surface area contributed by atoms with Crippen molar-refractivity contribution in [1.82, 2.24) is 13.7 Å². The second-order valence-corrected chi connectivity index (χ2v) is 12.9. The van der Waals surface area contributed by atoms with Gasteiger partial charge in [-0.15, -0.1) is 0 Å². The summed E-state index contributed by atoms with van der Waals surface area (Å²) in [7, 11) is 0. The molecule has 0 saturated heterocycles. The van der Waals surface area contributed by atoms with Gasteiger partial charge in [0.25, 0.3) is 0 Å². The summed E-state index contributed by atoms with van der Waals surface area (Å²) in [5, 5.41) is 10.0. The van der Waals surface area contributed by atoms with Crippen molar-refractivity contribution in [3.05, 3.63) is 176 Å². The molecule has 0 amide bonds. The fourth-order valence-electron chi connectivity index (χ4n) is 8.45. The molecule has 0 N–H and O–H groups in total. The zero-order chi connectivity index (χ0) is 32.1. The van der Waals surface area contributed by atoms with Gasteiger partial charge < -0.3 is 13.7 Å². The third-order valence-electron chi connectivity index (χ3n) is 10.4. The lowest BCUT2D eigenvalue weighted by Crippen LogP contribution is -1.97. The molecule has 11 aromatic rings. The molecule has 11 rings (SSSR count). The molecule has 228 valence electrons. The lowest BCUT2D eigenvalue weighted by molar-refractivity contribution is 1.17. The molecule has 8 aromatic carbocycles. The first kappa shape index (κ1) is 26.5. The summed E-state index contributed by atoms with van der Waals surface area (Å²) in [5.41, 5.74) is 10.8. The van der Waals surface area contributed by atoms with E-state index in [0.717, 1.165) is 11.4 Å². The number of aromatic nitrogens is 3. The van der Waals surface area contributed by atoms with Crippen molar-refractivity contribution in [3.63, 3.8) is 0 Å². The van der Waals surface area contributed by atoms with Crippen LogP contribution in [0.5, 0.6) is 0 Å². The Kier molecular flexibility index (Phi) is 5.38. The van der Waals surface area contributed by atoms with Crippen molar-refractivity contribution in [1.29, 1.82) is 0 Å². The van der Waals surface area contributed by atoms with Crippen LogP contribution >= 0.6 is 0 Å². The van der Waals surface area contributed by atoms with Crippen molar-refractivity contribution < 1.29 is 0 Å². The van der Waals surface area contributed by atoms with Gasteiger partial charge in [0.2, 0.25) is 0 Å². The minimum absolute atomic E-state index is 1.16. The number of hydrogen-bond donors (Lipinski definition) is 0. The zero-order valence-corrected chi connectivity index (χ0v) is 26.6. The summed E-state index contributed by atoms with van der Waals surface area (Å²) in [4.78, 5) is 0. The number of benzene rings is 8. The first-order chi connectivity index (χ1) is 24.4. The van der Waals surface area contributed by atoms with Gasteiger partial charge in [0.1, 0.15) is 0 Å². The fraction of sp³-hybridized carbons (Fsp3) is 0. The van der Waals surface area contributed by atoms with Crippen LogP contribution in [0.3, 0.4) is 0 Å². The van der Waals surface area contributed by atoms with Crippen LogP contribution in [0.1, 0.15) is 0 Å². The van der Waals surface area contributed by atoms with Crippen LogP contribution in [0.25, 0.3) is 93.3 Å². The summed E-state index contributed by atoms with van der Waals surface area (Å²) in [6, 6.07) is 64.1. The highest BCUT2D eigenvalue weighted by atomic mass is 15.0. The highest BCUT2D eigenvalue weighted by molar-refractivity contribution is 6.29. The third kappa shape index (κ3) is 3.56. The van der Waals surface area contributed by atoms with E-state index < -0.39 is 0 Å². The Labute approximate surface area is 282 Å². The van der Waals surface area contributed by atoms with E-state index in [1.165, 1.54) is 81.9 Å². The monoisotopic (exact) mass is 623 g/mol. The van der Waals surface area contributed by atoms with E-state index in [9.17, 15) is 0 Å². The number of para-hydroxylation sites is 4. The molecule has 3 nitrogen and oxygen atoms in total. The summed E-state index contributed by atoms with van der Waals surface area (Å²) in [5.74, 6) is 0. The minimum Gasteiger partial charge on any atom is -0.309 e. The average molecular weight is 624 g/mol. The van der Waals surface area contributed by atoms with Gasteiger partial charge in [0.15, 0.2) is 0 Å². The largest absolute Gasteiger partial charge is 0.309 e. The molecule has 0 aliphatic heterocycles. The average Bonchev–Trinajstić information content (AvgIpc) is 3.81. The van der Waals surface area contributed by atoms with Gasteiger partial charge in [-0.05, 0) is 60.0 Å². The molecule has 0 spiro atoms. The number of fused-ring (bicyclic) bond motifs is 12. The lowest BCUT2D eigenvalue weighted by Gasteiger charge is -2.12. The zero-order valence-electron chi connectivity index (χ0n) is 26.6. The first-order valence-electron chi connectivity index (χ1n) is 16.9. The van der Waals surface area contributed by atoms with Gasteiger partial charge in [0.05, 0.1) is 38.8 Å². The first-order valence-corrected chi connectivity index (χ1v) is 16.9. The lowest BCUT2D eigenvalue weighted by atomic mass is 10.0. The van der Waals surface area contributed by atoms with Crippen molar-refractivity contribution in [2.75, 3.05) is 0 Å². The van der Waals surface area contributed by atoms with E-state index in [1.807, 2.05) is 0 Å². The standard InChI is InChI=1S/C46H29N3/c1-3-15-31(16-4-1)47-39-23-12-10-21-36(39)43-40(47)24-13-25-41(43)49-38-22-11-9-20-34(38)35-28-29-42-44(46(35)49)37-27-26-30-14-7-8-19-33(30)45(37)48(42)32-17-5-2-6-18-32/h1-29H. The van der Waals surface area contributed by atoms with E-state index in [1.54, 1.807) is 0 Å². The van der Waals surface area contributed by atoms with Crippen LogP contribution < -0.4 is 0 Å². The Morgan fingerprint density at radius 2 is 0.837 bits per heavy atom. The van der Waals surface area contributed by atoms with E-state index >= 15 is 0 Å². The van der Waals surface area contributed by atoms with Gasteiger partial charge in [-0.25, -0.2) is 0 Å². The van der Waals surface area contributed by atoms with Crippen LogP contribution in [-0.4, -0.2) is 13.7 Å². The molecule has 0 atom stereocenters. The van der Waals surface area contributed by atoms with Gasteiger partial charge in [-0.2, -0.15) is 0 Å². The predicted molar refractivity (Wildman–Crippen MR) is 207 cm³/mol. The molecule has 3 aromatic heterocycles. The summed E-state index contributed by atoms with van der Waals surface area (Å²) >= 11 is 0. The van der Waals surface area contributed by atoms with E-state index in [4.69, 9.17) is 0 Å². The Morgan fingerprint density at radius 3 is 1.61 bits per heavy atom. The van der Waals surface area contributed by atoms with Gasteiger partial charge in [-0.3, -0.25) is 0 Å². The normalized spacial score (nSPS) is 12.1. The molecule has 0 fully saturated rings. The maximum Gasteiger partial charge on any atom is 0.0641 e. The number of hydrogen-bond acceptors (Lipinski definition) is 0. The molecule has 3 heteroatoms. The molecular formula is C46H29N3. The molecule has 0 radical (unpaired) electrons. The van der Waals surface area contributed by atoms with Crippen molar-refractivity contribution in [2.24, 2.45) is 0 Å². The van der Waals surface area contributed by atoms with Gasteiger partial charge >= 0.3 is 0 Å². The van der Waals surface area contributed by atoms with E-state index in [2.05, 4.69) is 190 Å². The van der Waals surface area contributed by atoms with Gasteiger partial charge in [0, 0.05) is 49.1 Å². The minimum atomic E-state index is 1.16. The van der Waals surface area contributed by atoms with Crippen molar-refractivity contribution >= 4 is 76.2 Å². The summed E-state index contributed by atoms with van der Waals surface area (Å²) in [6.45, 7) is 0. The fourth-order valence-corrected chi connectivity index (χ4v) is 8.45. The number of nitrogens with zero attached hydrogens (tertiary/aromatic N) is 3. The second-order valence-electron chi connectivity index (χ2n) is 12.9.